The van der Waals surface area contributed by atoms with E-state index in [9.17, 15) is 0 Å². The highest BCUT2D eigenvalue weighted by atomic mass is 27.0. The summed E-state index contributed by atoms with van der Waals surface area (Å²) in [7, 11) is 0. The molecule has 0 aromatic rings. The standard InChI is InChI=1S/C4H9.Al.2H/c1-4(2)3;;;/h1-3H3;;;. The van der Waals surface area contributed by atoms with Crippen molar-refractivity contribution in [2.45, 2.75) is 25.0 Å². The van der Waals surface area contributed by atoms with E-state index in [-0.39, 0.29) is 0 Å². The van der Waals surface area contributed by atoms with E-state index >= 15 is 0 Å². The minimum atomic E-state index is 0.639. The molecule has 5 heavy (non-hydrogen) atoms. The third-order valence-corrected chi connectivity index (χ3v) is 0. The fourth-order valence-electron chi connectivity index (χ4n) is 0. The maximum Gasteiger partial charge on any atom is 0.220 e. The van der Waals surface area contributed by atoms with Gasteiger partial charge in [-0.05, 0) is 0 Å². The molecule has 0 nitrogen and oxygen atoms in total. The van der Waals surface area contributed by atoms with Gasteiger partial charge in [0.15, 0.2) is 0 Å². The normalized spacial score (nSPS) is 11.8. The van der Waals surface area contributed by atoms with Crippen LogP contribution in [0, 0.1) is 0 Å². The molecule has 0 aliphatic heterocycles. The molecule has 0 saturated heterocycles. The molecule has 0 unspecified atom stereocenters. The Morgan fingerprint density at radius 1 is 1.20 bits per heavy atom. The largest absolute Gasteiger partial charge is 0.220 e. The van der Waals surface area contributed by atoms with Crippen molar-refractivity contribution in [1.29, 1.82) is 0 Å². The second kappa shape index (κ2) is 1.33. The van der Waals surface area contributed by atoms with Crippen molar-refractivity contribution >= 4 is 16.3 Å². The van der Waals surface area contributed by atoms with Crippen molar-refractivity contribution in [1.82, 2.24) is 0 Å². The number of hydrogen-bond acceptors (Lipinski definition) is 0. The fraction of sp³-hybridized carbons (Fsp3) is 1.00. The summed E-state index contributed by atoms with van der Waals surface area (Å²) >= 11 is 1.31. The van der Waals surface area contributed by atoms with Gasteiger partial charge < -0.3 is 0 Å². The molecule has 0 aliphatic carbocycles. The van der Waals surface area contributed by atoms with Crippen molar-refractivity contribution in [3.63, 3.8) is 0 Å². The zero-order valence-corrected chi connectivity index (χ0v) is 6.50. The van der Waals surface area contributed by atoms with E-state index in [0.29, 0.717) is 4.28 Å². The average molecular weight is 86.1 g/mol. The van der Waals surface area contributed by atoms with Crippen LogP contribution in [0.2, 0.25) is 4.28 Å². The Kier molecular flexibility index (Phi) is 1.47. The summed E-state index contributed by atoms with van der Waals surface area (Å²) in [6.07, 6.45) is 0. The first-order valence-electron chi connectivity index (χ1n) is 2.00. The minimum Gasteiger partial charge on any atom is -0.0877 e. The highest BCUT2D eigenvalue weighted by Gasteiger charge is 1.96. The van der Waals surface area contributed by atoms with Crippen molar-refractivity contribution in [3.8, 4) is 0 Å². The lowest BCUT2D eigenvalue weighted by Crippen LogP contribution is -1.90. The van der Waals surface area contributed by atoms with Crippen LogP contribution in [0.1, 0.15) is 20.8 Å². The lowest BCUT2D eigenvalue weighted by atomic mass is 10.2. The van der Waals surface area contributed by atoms with E-state index in [1.807, 2.05) is 0 Å². The molecule has 0 amide bonds. The maximum absolute atomic E-state index is 2.25. The summed E-state index contributed by atoms with van der Waals surface area (Å²) in [5.74, 6) is 0. The molecule has 0 atom stereocenters. The van der Waals surface area contributed by atoms with Crippen LogP contribution < -0.4 is 0 Å². The monoisotopic (exact) mass is 86.1 g/mol. The predicted octanol–water partition coefficient (Wildman–Crippen LogP) is 0.838. The summed E-state index contributed by atoms with van der Waals surface area (Å²) in [4.78, 5) is 0. The van der Waals surface area contributed by atoms with E-state index in [2.05, 4.69) is 20.8 Å². The quantitative estimate of drug-likeness (QED) is 0.383. The molecule has 0 aromatic heterocycles. The summed E-state index contributed by atoms with van der Waals surface area (Å²) in [5, 5.41) is 0. The van der Waals surface area contributed by atoms with Crippen LogP contribution in [0.15, 0.2) is 0 Å². The van der Waals surface area contributed by atoms with Crippen LogP contribution in [0.25, 0.3) is 0 Å². The molecule has 0 aromatic carbocycles. The van der Waals surface area contributed by atoms with Crippen molar-refractivity contribution in [2.75, 3.05) is 0 Å². The molecular weight excluding hydrogens is 75.0 g/mol. The zero-order valence-electron chi connectivity index (χ0n) is 4.50. The van der Waals surface area contributed by atoms with Crippen LogP contribution in [0.4, 0.5) is 0 Å². The van der Waals surface area contributed by atoms with Gasteiger partial charge in [-0.2, -0.15) is 0 Å². The van der Waals surface area contributed by atoms with Crippen LogP contribution in [0.3, 0.4) is 0 Å². The van der Waals surface area contributed by atoms with E-state index in [0.717, 1.165) is 0 Å². The van der Waals surface area contributed by atoms with Crippen LogP contribution >= 0.6 is 0 Å². The lowest BCUT2D eigenvalue weighted by Gasteiger charge is -2.05. The summed E-state index contributed by atoms with van der Waals surface area (Å²) in [6, 6.07) is 0. The molecule has 0 heterocycles. The Labute approximate surface area is 42.0 Å². The molecule has 0 rings (SSSR count). The lowest BCUT2D eigenvalue weighted by molar-refractivity contribution is 0.767. The van der Waals surface area contributed by atoms with Gasteiger partial charge in [0.2, 0.25) is 16.3 Å². The topological polar surface area (TPSA) is 0 Å². The molecule has 0 bridgehead atoms. The minimum absolute atomic E-state index is 0.639. The second-order valence-electron chi connectivity index (χ2n) is 3.00. The maximum atomic E-state index is 2.25. The van der Waals surface area contributed by atoms with Crippen molar-refractivity contribution in [2.24, 2.45) is 0 Å². The molecule has 0 fully saturated rings. The molecule has 0 spiro atoms. The Morgan fingerprint density at radius 3 is 1.20 bits per heavy atom. The van der Waals surface area contributed by atoms with E-state index in [4.69, 9.17) is 0 Å². The van der Waals surface area contributed by atoms with Gasteiger partial charge in [0.1, 0.15) is 0 Å². The molecule has 30 valence electrons. The van der Waals surface area contributed by atoms with Gasteiger partial charge in [-0.1, -0.05) is 25.0 Å². The first-order chi connectivity index (χ1) is 2.00. The van der Waals surface area contributed by atoms with Crippen LogP contribution in [-0.4, -0.2) is 16.3 Å². The summed E-state index contributed by atoms with van der Waals surface area (Å²) < 4.78 is 0.639. The SMILES string of the molecule is C[C](C)(C)[AlH2]. The molecule has 0 aliphatic rings. The summed E-state index contributed by atoms with van der Waals surface area (Å²) in [5.41, 5.74) is 0. The average Bonchev–Trinajstić information content (AvgIpc) is 0.722. The van der Waals surface area contributed by atoms with Gasteiger partial charge >= 0.3 is 0 Å². The second-order valence-corrected chi connectivity index (χ2v) is 6.00. The van der Waals surface area contributed by atoms with E-state index in [1.54, 1.807) is 0 Å². The molecular formula is C4H11Al. The third kappa shape index (κ3) is 103. The molecule has 0 saturated carbocycles. The van der Waals surface area contributed by atoms with Gasteiger partial charge in [-0.15, -0.1) is 0 Å². The first kappa shape index (κ1) is 5.53. The molecule has 0 N–H and O–H groups in total. The molecule has 1 heteroatoms. The van der Waals surface area contributed by atoms with Crippen LogP contribution in [0.5, 0.6) is 0 Å². The highest BCUT2D eigenvalue weighted by molar-refractivity contribution is 6.14. The first-order valence-corrected chi connectivity index (χ1v) is 3.00. The smallest absolute Gasteiger partial charge is 0.0877 e. The highest BCUT2D eigenvalue weighted by Crippen LogP contribution is 2.13. The Hall–Kier alpha value is 0.532. The van der Waals surface area contributed by atoms with Gasteiger partial charge in [-0.3, -0.25) is 0 Å². The summed E-state index contributed by atoms with van der Waals surface area (Å²) in [6.45, 7) is 6.75. The van der Waals surface area contributed by atoms with E-state index in [1.165, 1.54) is 16.3 Å². The van der Waals surface area contributed by atoms with Crippen LogP contribution in [-0.2, 0) is 0 Å². The predicted molar refractivity (Wildman–Crippen MR) is 28.3 cm³/mol. The van der Waals surface area contributed by atoms with Crippen molar-refractivity contribution < 1.29 is 0 Å². The Balaban J connectivity index is 3.02. The third-order valence-electron chi connectivity index (χ3n) is 0. The van der Waals surface area contributed by atoms with Gasteiger partial charge in [-0.25, -0.2) is 0 Å². The Morgan fingerprint density at radius 2 is 1.20 bits per heavy atom. The van der Waals surface area contributed by atoms with Gasteiger partial charge in [0.25, 0.3) is 0 Å². The number of rotatable bonds is 0. The molecule has 0 radical (unpaired) electrons. The van der Waals surface area contributed by atoms with Gasteiger partial charge in [0, 0.05) is 0 Å². The number of hydrogen-bond donors (Lipinski definition) is 0. The fourth-order valence-corrected chi connectivity index (χ4v) is 0. The van der Waals surface area contributed by atoms with Gasteiger partial charge in [0.05, 0.1) is 0 Å². The van der Waals surface area contributed by atoms with E-state index < -0.39 is 0 Å². The van der Waals surface area contributed by atoms with Crippen molar-refractivity contribution in [3.05, 3.63) is 0 Å². The Bertz CT molecular complexity index is 19.1. The zero-order chi connectivity index (χ0) is 4.50.